The molecule has 0 aromatic carbocycles. The van der Waals surface area contributed by atoms with Gasteiger partial charge < -0.3 is 9.88 Å². The molecule has 0 aliphatic rings. The highest BCUT2D eigenvalue weighted by atomic mass is 16.6. The third kappa shape index (κ3) is 2.66. The number of nitro groups is 1. The van der Waals surface area contributed by atoms with Crippen LogP contribution >= 0.6 is 0 Å². The van der Waals surface area contributed by atoms with Crippen LogP contribution in [-0.4, -0.2) is 27.0 Å². The molecule has 100 valence electrons. The van der Waals surface area contributed by atoms with Gasteiger partial charge in [-0.1, -0.05) is 0 Å². The summed E-state index contributed by atoms with van der Waals surface area (Å²) in [6, 6.07) is 0.0230. The van der Waals surface area contributed by atoms with Crippen molar-refractivity contribution in [3.8, 4) is 0 Å². The Morgan fingerprint density at radius 2 is 1.78 bits per heavy atom. The number of H-pyrrole nitrogens is 1. The molecule has 0 aliphatic heterocycles. The lowest BCUT2D eigenvalue weighted by Gasteiger charge is -2.31. The Morgan fingerprint density at radius 1 is 1.28 bits per heavy atom. The number of rotatable bonds is 4. The van der Waals surface area contributed by atoms with Crippen LogP contribution in [0.2, 0.25) is 0 Å². The lowest BCUT2D eigenvalue weighted by atomic mass is 10.2. The molecule has 18 heavy (non-hydrogen) atoms. The van der Waals surface area contributed by atoms with Gasteiger partial charge in [0.1, 0.15) is 5.82 Å². The van der Waals surface area contributed by atoms with Crippen LogP contribution in [0.25, 0.3) is 0 Å². The predicted molar refractivity (Wildman–Crippen MR) is 69.0 cm³/mol. The molecular weight excluding hydrogens is 236 g/mol. The lowest BCUT2D eigenvalue weighted by Crippen LogP contribution is -2.39. The number of nitrogens with zero attached hydrogens (tertiary/aromatic N) is 3. The van der Waals surface area contributed by atoms with Gasteiger partial charge in [0.25, 0.3) is 0 Å². The Balaban J connectivity index is 3.55. The van der Waals surface area contributed by atoms with Crippen LogP contribution in [0.5, 0.6) is 0 Å². The fraction of sp³-hybridized carbons (Fsp3) is 0.636. The first-order valence-corrected chi connectivity index (χ1v) is 5.79. The van der Waals surface area contributed by atoms with Crippen LogP contribution in [0, 0.1) is 17.0 Å². The topological polar surface area (TPSA) is 92.1 Å². The minimum atomic E-state index is -0.714. The molecule has 1 heterocycles. The van der Waals surface area contributed by atoms with Gasteiger partial charge in [-0.3, -0.25) is 14.9 Å². The second kappa shape index (κ2) is 5.16. The second-order valence-corrected chi connectivity index (χ2v) is 4.68. The van der Waals surface area contributed by atoms with Gasteiger partial charge in [0.15, 0.2) is 0 Å². The molecule has 0 bridgehead atoms. The maximum atomic E-state index is 11.7. The number of aromatic amines is 1. The normalized spacial score (nSPS) is 11.1. The molecule has 0 unspecified atom stereocenters. The SMILES string of the molecule is Cc1nc(N(C(C)C)C(C)C)c([N+](=O)[O-])c(=O)[nH]1. The van der Waals surface area contributed by atoms with E-state index < -0.39 is 16.2 Å². The third-order valence-electron chi connectivity index (χ3n) is 2.53. The lowest BCUT2D eigenvalue weighted by molar-refractivity contribution is -0.385. The van der Waals surface area contributed by atoms with Crippen LogP contribution < -0.4 is 10.5 Å². The zero-order chi connectivity index (χ0) is 14.0. The van der Waals surface area contributed by atoms with E-state index in [4.69, 9.17) is 0 Å². The summed E-state index contributed by atoms with van der Waals surface area (Å²) in [5.41, 5.74) is -1.21. The standard InChI is InChI=1S/C11H18N4O3/c1-6(2)14(7(3)4)10-9(15(17)18)11(16)13-8(5)12-10/h6-7H,1-5H3,(H,12,13,16). The van der Waals surface area contributed by atoms with E-state index in [1.807, 2.05) is 27.7 Å². The number of aromatic nitrogens is 2. The first kappa shape index (κ1) is 14.1. The quantitative estimate of drug-likeness (QED) is 0.651. The summed E-state index contributed by atoms with van der Waals surface area (Å²) in [4.78, 5) is 30.3. The molecule has 0 fully saturated rings. The Kier molecular flexibility index (Phi) is 4.05. The molecule has 7 nitrogen and oxygen atoms in total. The van der Waals surface area contributed by atoms with Crippen molar-refractivity contribution in [2.45, 2.75) is 46.7 Å². The summed E-state index contributed by atoms with van der Waals surface area (Å²) in [6.07, 6.45) is 0. The van der Waals surface area contributed by atoms with Crippen molar-refractivity contribution in [1.82, 2.24) is 9.97 Å². The smallest absolute Gasteiger partial charge is 0.346 e. The maximum Gasteiger partial charge on any atom is 0.375 e. The molecule has 7 heteroatoms. The Morgan fingerprint density at radius 3 is 2.17 bits per heavy atom. The van der Waals surface area contributed by atoms with Gasteiger partial charge in [-0.05, 0) is 34.6 Å². The Hall–Kier alpha value is -1.92. The molecule has 1 aromatic heterocycles. The highest BCUT2D eigenvalue weighted by Gasteiger charge is 2.29. The number of hydrogen-bond acceptors (Lipinski definition) is 5. The number of nitrogens with one attached hydrogen (secondary N) is 1. The first-order chi connectivity index (χ1) is 8.25. The van der Waals surface area contributed by atoms with Crippen molar-refractivity contribution < 1.29 is 4.92 Å². The summed E-state index contributed by atoms with van der Waals surface area (Å²) in [6.45, 7) is 9.22. The van der Waals surface area contributed by atoms with Gasteiger partial charge >= 0.3 is 11.2 Å². The molecule has 1 N–H and O–H groups in total. The number of hydrogen-bond donors (Lipinski definition) is 1. The molecule has 0 saturated heterocycles. The summed E-state index contributed by atoms with van der Waals surface area (Å²) >= 11 is 0. The van der Waals surface area contributed by atoms with E-state index in [2.05, 4.69) is 9.97 Å². The van der Waals surface area contributed by atoms with E-state index in [0.29, 0.717) is 5.82 Å². The van der Waals surface area contributed by atoms with Crippen molar-refractivity contribution >= 4 is 11.5 Å². The van der Waals surface area contributed by atoms with Gasteiger partial charge in [-0.15, -0.1) is 0 Å². The molecule has 0 radical (unpaired) electrons. The van der Waals surface area contributed by atoms with Crippen LogP contribution in [0.15, 0.2) is 4.79 Å². The molecule has 1 aromatic rings. The zero-order valence-corrected chi connectivity index (χ0v) is 11.2. The van der Waals surface area contributed by atoms with Crippen LogP contribution in [0.1, 0.15) is 33.5 Å². The monoisotopic (exact) mass is 254 g/mol. The molecule has 0 amide bonds. The summed E-state index contributed by atoms with van der Waals surface area (Å²) in [5, 5.41) is 11.0. The zero-order valence-electron chi connectivity index (χ0n) is 11.2. The fourth-order valence-corrected chi connectivity index (χ4v) is 1.99. The van der Waals surface area contributed by atoms with Crippen LogP contribution in [0.3, 0.4) is 0 Å². The van der Waals surface area contributed by atoms with E-state index in [1.54, 1.807) is 11.8 Å². The summed E-state index contributed by atoms with van der Waals surface area (Å²) < 4.78 is 0. The van der Waals surface area contributed by atoms with Gasteiger partial charge in [-0.2, -0.15) is 0 Å². The molecule has 0 aliphatic carbocycles. The van der Waals surface area contributed by atoms with Crippen LogP contribution in [-0.2, 0) is 0 Å². The third-order valence-corrected chi connectivity index (χ3v) is 2.53. The van der Waals surface area contributed by atoms with Crippen LogP contribution in [0.4, 0.5) is 11.5 Å². The average molecular weight is 254 g/mol. The van der Waals surface area contributed by atoms with Crippen molar-refractivity contribution in [2.75, 3.05) is 4.90 Å². The van der Waals surface area contributed by atoms with E-state index in [0.717, 1.165) is 0 Å². The molecule has 0 saturated carbocycles. The van der Waals surface area contributed by atoms with E-state index in [-0.39, 0.29) is 17.9 Å². The highest BCUT2D eigenvalue weighted by Crippen LogP contribution is 2.25. The van der Waals surface area contributed by atoms with Gasteiger partial charge in [0, 0.05) is 12.1 Å². The average Bonchev–Trinajstić information content (AvgIpc) is 2.13. The van der Waals surface area contributed by atoms with E-state index in [1.165, 1.54) is 0 Å². The largest absolute Gasteiger partial charge is 0.375 e. The van der Waals surface area contributed by atoms with Crippen molar-refractivity contribution in [2.24, 2.45) is 0 Å². The molecular formula is C11H18N4O3. The minimum absolute atomic E-state index is 0.0115. The van der Waals surface area contributed by atoms with Gasteiger partial charge in [0.2, 0.25) is 5.82 Å². The second-order valence-electron chi connectivity index (χ2n) is 4.68. The number of anilines is 1. The maximum absolute atomic E-state index is 11.7. The Bertz CT molecular complexity index is 500. The van der Waals surface area contributed by atoms with E-state index in [9.17, 15) is 14.9 Å². The molecule has 0 atom stereocenters. The first-order valence-electron chi connectivity index (χ1n) is 5.79. The highest BCUT2D eigenvalue weighted by molar-refractivity contribution is 5.57. The summed E-state index contributed by atoms with van der Waals surface area (Å²) in [7, 11) is 0. The van der Waals surface area contributed by atoms with Crippen molar-refractivity contribution in [1.29, 1.82) is 0 Å². The molecule has 1 rings (SSSR count). The van der Waals surface area contributed by atoms with Crippen molar-refractivity contribution in [3.63, 3.8) is 0 Å². The van der Waals surface area contributed by atoms with Gasteiger partial charge in [-0.25, -0.2) is 4.98 Å². The summed E-state index contributed by atoms with van der Waals surface area (Å²) in [5.74, 6) is 0.498. The minimum Gasteiger partial charge on any atom is -0.346 e. The van der Waals surface area contributed by atoms with Gasteiger partial charge in [0.05, 0.1) is 4.92 Å². The number of aryl methyl sites for hydroxylation is 1. The van der Waals surface area contributed by atoms with Crippen molar-refractivity contribution in [3.05, 3.63) is 26.3 Å². The fourth-order valence-electron chi connectivity index (χ4n) is 1.99. The Labute approximate surface area is 105 Å². The molecule has 0 spiro atoms. The predicted octanol–water partition coefficient (Wildman–Crippen LogP) is 1.61. The van der Waals surface area contributed by atoms with E-state index >= 15 is 0 Å².